The first-order valence-corrected chi connectivity index (χ1v) is 11.2. The van der Waals surface area contributed by atoms with E-state index in [1.807, 2.05) is 12.1 Å². The van der Waals surface area contributed by atoms with Crippen LogP contribution in [-0.2, 0) is 19.4 Å². The highest BCUT2D eigenvalue weighted by Crippen LogP contribution is 2.29. The van der Waals surface area contributed by atoms with Crippen molar-refractivity contribution in [3.05, 3.63) is 82.7 Å². The third-order valence-electron chi connectivity index (χ3n) is 6.47. The summed E-state index contributed by atoms with van der Waals surface area (Å²) < 4.78 is 29.1. The standard InChI is InChI=1S/C25H26F2N4O/c26-18-10-8-17(9-11-18)16-30-14-12-19(13-15-30)28-25(32)24-20-4-3-7-22(20)31(29-24)23-6-2-1-5-21(23)27/h1-2,5-6,8-11,19H,3-4,7,12-16H2,(H,28,32). The molecule has 1 aromatic heterocycles. The molecule has 0 unspecified atom stereocenters. The molecule has 0 saturated carbocycles. The summed E-state index contributed by atoms with van der Waals surface area (Å²) in [5, 5.41) is 7.68. The first-order chi connectivity index (χ1) is 15.6. The molecule has 0 bridgehead atoms. The van der Waals surface area contributed by atoms with Crippen LogP contribution >= 0.6 is 0 Å². The van der Waals surface area contributed by atoms with Crippen LogP contribution in [0.2, 0.25) is 0 Å². The molecule has 1 aliphatic carbocycles. The van der Waals surface area contributed by atoms with Crippen LogP contribution in [-0.4, -0.2) is 39.7 Å². The van der Waals surface area contributed by atoms with Gasteiger partial charge in [-0.1, -0.05) is 24.3 Å². The van der Waals surface area contributed by atoms with Gasteiger partial charge in [0, 0.05) is 36.9 Å². The van der Waals surface area contributed by atoms with Crippen LogP contribution in [0, 0.1) is 11.6 Å². The summed E-state index contributed by atoms with van der Waals surface area (Å²) in [5.41, 5.74) is 3.78. The molecule has 2 heterocycles. The van der Waals surface area contributed by atoms with E-state index in [4.69, 9.17) is 0 Å². The van der Waals surface area contributed by atoms with Crippen molar-refractivity contribution < 1.29 is 13.6 Å². The summed E-state index contributed by atoms with van der Waals surface area (Å²) in [6.07, 6.45) is 4.24. The molecule has 5 nitrogen and oxygen atoms in total. The summed E-state index contributed by atoms with van der Waals surface area (Å²) in [6.45, 7) is 2.51. The SMILES string of the molecule is O=C(NC1CCN(Cc2ccc(F)cc2)CC1)c1nn(-c2ccccc2F)c2c1CCC2. The summed E-state index contributed by atoms with van der Waals surface area (Å²) in [6, 6.07) is 13.2. The molecular formula is C25H26F2N4O. The maximum Gasteiger partial charge on any atom is 0.272 e. The van der Waals surface area contributed by atoms with Crippen LogP contribution in [0.3, 0.4) is 0 Å². The minimum absolute atomic E-state index is 0.0858. The van der Waals surface area contributed by atoms with Gasteiger partial charge in [0.05, 0.1) is 0 Å². The molecule has 1 amide bonds. The number of benzene rings is 2. The Morgan fingerprint density at radius 2 is 1.78 bits per heavy atom. The fourth-order valence-electron chi connectivity index (χ4n) is 4.78. The number of carbonyl (C=O) groups excluding carboxylic acids is 1. The van der Waals surface area contributed by atoms with E-state index in [1.54, 1.807) is 22.9 Å². The Balaban J connectivity index is 1.24. The second-order valence-corrected chi connectivity index (χ2v) is 8.64. The van der Waals surface area contributed by atoms with Crippen LogP contribution in [0.4, 0.5) is 8.78 Å². The number of halogens is 2. The Hall–Kier alpha value is -3.06. The maximum absolute atomic E-state index is 14.4. The summed E-state index contributed by atoms with van der Waals surface area (Å²) in [4.78, 5) is 15.4. The van der Waals surface area contributed by atoms with Gasteiger partial charge in [0.15, 0.2) is 5.69 Å². The number of aromatic nitrogens is 2. The number of fused-ring (bicyclic) bond motifs is 1. The third-order valence-corrected chi connectivity index (χ3v) is 6.47. The quantitative estimate of drug-likeness (QED) is 0.657. The van der Waals surface area contributed by atoms with Gasteiger partial charge in [-0.15, -0.1) is 0 Å². The highest BCUT2D eigenvalue weighted by Gasteiger charge is 2.29. The van der Waals surface area contributed by atoms with Crippen LogP contribution in [0.15, 0.2) is 48.5 Å². The van der Waals surface area contributed by atoms with Crippen molar-refractivity contribution >= 4 is 5.91 Å². The topological polar surface area (TPSA) is 50.2 Å². The number of carbonyl (C=O) groups is 1. The molecule has 0 atom stereocenters. The van der Waals surface area contributed by atoms with Crippen molar-refractivity contribution in [2.24, 2.45) is 0 Å². The number of para-hydroxylation sites is 1. The number of hydrogen-bond donors (Lipinski definition) is 1. The van der Waals surface area contributed by atoms with Gasteiger partial charge in [0.1, 0.15) is 17.3 Å². The molecule has 5 rings (SSSR count). The Labute approximate surface area is 186 Å². The second-order valence-electron chi connectivity index (χ2n) is 8.64. The fourth-order valence-corrected chi connectivity index (χ4v) is 4.78. The third kappa shape index (κ3) is 4.17. The van der Waals surface area contributed by atoms with E-state index in [9.17, 15) is 13.6 Å². The molecule has 7 heteroatoms. The number of amides is 1. The van der Waals surface area contributed by atoms with Crippen LogP contribution in [0.5, 0.6) is 0 Å². The average Bonchev–Trinajstić information content (AvgIpc) is 3.40. The number of nitrogens with one attached hydrogen (secondary N) is 1. The zero-order valence-electron chi connectivity index (χ0n) is 17.9. The van der Waals surface area contributed by atoms with E-state index < -0.39 is 0 Å². The summed E-state index contributed by atoms with van der Waals surface area (Å²) >= 11 is 0. The predicted octanol–water partition coefficient (Wildman–Crippen LogP) is 4.03. The second kappa shape index (κ2) is 8.82. The lowest BCUT2D eigenvalue weighted by molar-refractivity contribution is 0.0902. The molecule has 1 aliphatic heterocycles. The zero-order chi connectivity index (χ0) is 22.1. The Morgan fingerprint density at radius 3 is 2.53 bits per heavy atom. The smallest absolute Gasteiger partial charge is 0.272 e. The molecule has 1 saturated heterocycles. The van der Waals surface area contributed by atoms with E-state index in [0.29, 0.717) is 11.4 Å². The predicted molar refractivity (Wildman–Crippen MR) is 118 cm³/mol. The minimum atomic E-state index is -0.342. The van der Waals surface area contributed by atoms with Crippen molar-refractivity contribution in [3.63, 3.8) is 0 Å². The lowest BCUT2D eigenvalue weighted by Crippen LogP contribution is -2.44. The Kier molecular flexibility index (Phi) is 5.74. The van der Waals surface area contributed by atoms with Gasteiger partial charge in [0.25, 0.3) is 5.91 Å². The van der Waals surface area contributed by atoms with Crippen LogP contribution < -0.4 is 5.32 Å². The number of hydrogen-bond acceptors (Lipinski definition) is 3. The van der Waals surface area contributed by atoms with Crippen LogP contribution in [0.1, 0.15) is 46.6 Å². The molecular weight excluding hydrogens is 410 g/mol. The number of likely N-dealkylation sites (tertiary alicyclic amines) is 1. The van der Waals surface area contributed by atoms with E-state index in [-0.39, 0.29) is 23.6 Å². The molecule has 2 aromatic carbocycles. The molecule has 1 fully saturated rings. The number of nitrogens with zero attached hydrogens (tertiary/aromatic N) is 3. The van der Waals surface area contributed by atoms with Gasteiger partial charge < -0.3 is 5.32 Å². The van der Waals surface area contributed by atoms with Gasteiger partial charge in [-0.2, -0.15) is 5.10 Å². The molecule has 3 aromatic rings. The summed E-state index contributed by atoms with van der Waals surface area (Å²) in [5.74, 6) is -0.737. The Morgan fingerprint density at radius 1 is 1.03 bits per heavy atom. The lowest BCUT2D eigenvalue weighted by Gasteiger charge is -2.32. The van der Waals surface area contributed by atoms with Crippen molar-refractivity contribution in [1.29, 1.82) is 0 Å². The fraction of sp³-hybridized carbons (Fsp3) is 0.360. The molecule has 0 spiro atoms. The van der Waals surface area contributed by atoms with Gasteiger partial charge in [0.2, 0.25) is 0 Å². The van der Waals surface area contributed by atoms with E-state index >= 15 is 0 Å². The molecule has 2 aliphatic rings. The molecule has 1 N–H and O–H groups in total. The highest BCUT2D eigenvalue weighted by atomic mass is 19.1. The van der Waals surface area contributed by atoms with Crippen LogP contribution in [0.25, 0.3) is 5.69 Å². The average molecular weight is 437 g/mol. The first-order valence-electron chi connectivity index (χ1n) is 11.2. The van der Waals surface area contributed by atoms with Crippen molar-refractivity contribution in [3.8, 4) is 5.69 Å². The molecule has 166 valence electrons. The lowest BCUT2D eigenvalue weighted by atomic mass is 10.0. The maximum atomic E-state index is 14.4. The Bertz CT molecular complexity index is 1120. The number of rotatable bonds is 5. The van der Waals surface area contributed by atoms with E-state index in [0.717, 1.165) is 68.6 Å². The normalized spacial score (nSPS) is 16.8. The van der Waals surface area contributed by atoms with Gasteiger partial charge in [-0.3, -0.25) is 9.69 Å². The largest absolute Gasteiger partial charge is 0.348 e. The first kappa shape index (κ1) is 20.8. The minimum Gasteiger partial charge on any atom is -0.348 e. The van der Waals surface area contributed by atoms with Crippen molar-refractivity contribution in [2.45, 2.75) is 44.7 Å². The van der Waals surface area contributed by atoms with Gasteiger partial charge in [-0.05, 0) is 61.9 Å². The van der Waals surface area contributed by atoms with E-state index in [2.05, 4.69) is 15.3 Å². The van der Waals surface area contributed by atoms with Gasteiger partial charge >= 0.3 is 0 Å². The van der Waals surface area contributed by atoms with E-state index in [1.165, 1.54) is 18.2 Å². The number of piperidine rings is 1. The van der Waals surface area contributed by atoms with Crippen molar-refractivity contribution in [2.75, 3.05) is 13.1 Å². The molecule has 32 heavy (non-hydrogen) atoms. The monoisotopic (exact) mass is 436 g/mol. The van der Waals surface area contributed by atoms with Crippen molar-refractivity contribution in [1.82, 2.24) is 20.0 Å². The highest BCUT2D eigenvalue weighted by molar-refractivity contribution is 5.94. The zero-order valence-corrected chi connectivity index (χ0v) is 17.9. The summed E-state index contributed by atoms with van der Waals surface area (Å²) in [7, 11) is 0. The van der Waals surface area contributed by atoms with Gasteiger partial charge in [-0.25, -0.2) is 13.5 Å². The molecule has 0 radical (unpaired) electrons.